The van der Waals surface area contributed by atoms with Crippen LogP contribution < -0.4 is 5.56 Å². The predicted molar refractivity (Wildman–Crippen MR) is 70.5 cm³/mol. The van der Waals surface area contributed by atoms with E-state index in [1.807, 2.05) is 32.0 Å². The number of hydrogen-bond acceptors (Lipinski definition) is 3. The van der Waals surface area contributed by atoms with Crippen LogP contribution in [-0.2, 0) is 6.42 Å². The third-order valence-electron chi connectivity index (χ3n) is 2.94. The lowest BCUT2D eigenvalue weighted by molar-refractivity contribution is 0.0694. The molecule has 0 spiro atoms. The van der Waals surface area contributed by atoms with Gasteiger partial charge in [-0.1, -0.05) is 23.8 Å². The predicted octanol–water partition coefficient (Wildman–Crippen LogP) is 1.68. The first-order chi connectivity index (χ1) is 8.97. The van der Waals surface area contributed by atoms with Crippen molar-refractivity contribution in [3.63, 3.8) is 0 Å². The molecule has 1 heterocycles. The average molecular weight is 258 g/mol. The molecule has 0 atom stereocenters. The molecule has 2 rings (SSSR count). The van der Waals surface area contributed by atoms with E-state index in [1.54, 1.807) is 0 Å². The summed E-state index contributed by atoms with van der Waals surface area (Å²) in [5.74, 6) is -0.810. The van der Waals surface area contributed by atoms with E-state index in [4.69, 9.17) is 5.11 Å². The number of nitrogens with one attached hydrogen (secondary N) is 1. The lowest BCUT2D eigenvalue weighted by atomic mass is 10.0. The summed E-state index contributed by atoms with van der Waals surface area (Å²) in [4.78, 5) is 28.8. The molecule has 0 amide bonds. The van der Waals surface area contributed by atoms with Crippen LogP contribution in [-0.4, -0.2) is 21.0 Å². The second-order valence-corrected chi connectivity index (χ2v) is 4.48. The van der Waals surface area contributed by atoms with E-state index >= 15 is 0 Å². The van der Waals surface area contributed by atoms with Gasteiger partial charge in [0.05, 0.1) is 0 Å². The molecule has 0 saturated heterocycles. The Morgan fingerprint density at radius 3 is 2.74 bits per heavy atom. The van der Waals surface area contributed by atoms with E-state index in [0.717, 1.165) is 22.9 Å². The molecule has 0 saturated carbocycles. The summed E-state index contributed by atoms with van der Waals surface area (Å²) in [6.07, 6.45) is 1.57. The van der Waals surface area contributed by atoms with Crippen molar-refractivity contribution in [2.24, 2.45) is 0 Å². The summed E-state index contributed by atoms with van der Waals surface area (Å²) >= 11 is 0. The minimum atomic E-state index is -1.27. The van der Waals surface area contributed by atoms with Gasteiger partial charge in [-0.05, 0) is 25.0 Å². The van der Waals surface area contributed by atoms with Gasteiger partial charge in [0.1, 0.15) is 11.4 Å². The molecule has 0 unspecified atom stereocenters. The average Bonchev–Trinajstić information content (AvgIpc) is 2.33. The van der Waals surface area contributed by atoms with Gasteiger partial charge in [0.2, 0.25) is 0 Å². The number of rotatable bonds is 3. The van der Waals surface area contributed by atoms with E-state index in [-0.39, 0.29) is 5.56 Å². The molecule has 2 aromatic rings. The molecule has 1 aromatic carbocycles. The normalized spacial score (nSPS) is 10.4. The third-order valence-corrected chi connectivity index (χ3v) is 2.94. The Bertz CT molecular complexity index is 689. The number of aromatic nitrogens is 2. The number of H-pyrrole nitrogens is 1. The molecule has 0 fully saturated rings. The topological polar surface area (TPSA) is 83.0 Å². The van der Waals surface area contributed by atoms with Crippen molar-refractivity contribution in [1.82, 2.24) is 9.97 Å². The lowest BCUT2D eigenvalue weighted by Gasteiger charge is -2.06. The largest absolute Gasteiger partial charge is 0.477 e. The van der Waals surface area contributed by atoms with Gasteiger partial charge in [-0.15, -0.1) is 0 Å². The Morgan fingerprint density at radius 1 is 1.37 bits per heavy atom. The van der Waals surface area contributed by atoms with Gasteiger partial charge in [0, 0.05) is 12.6 Å². The van der Waals surface area contributed by atoms with Crippen molar-refractivity contribution in [3.8, 4) is 0 Å². The van der Waals surface area contributed by atoms with Gasteiger partial charge in [0.25, 0.3) is 5.56 Å². The molecule has 5 nitrogen and oxygen atoms in total. The molecule has 0 aliphatic rings. The number of aryl methyl sites for hydroxylation is 2. The highest BCUT2D eigenvalue weighted by Crippen LogP contribution is 2.13. The van der Waals surface area contributed by atoms with Crippen LogP contribution in [0.5, 0.6) is 0 Å². The summed E-state index contributed by atoms with van der Waals surface area (Å²) in [6, 6.07) is 6.05. The maximum Gasteiger partial charge on any atom is 0.342 e. The van der Waals surface area contributed by atoms with Crippen LogP contribution in [0.3, 0.4) is 0 Å². The van der Waals surface area contributed by atoms with Crippen LogP contribution in [0.1, 0.15) is 32.9 Å². The van der Waals surface area contributed by atoms with Crippen molar-refractivity contribution < 1.29 is 9.90 Å². The molecule has 0 aliphatic carbocycles. The highest BCUT2D eigenvalue weighted by molar-refractivity contribution is 5.86. The van der Waals surface area contributed by atoms with E-state index in [1.165, 1.54) is 0 Å². The Kier molecular flexibility index (Phi) is 3.46. The fraction of sp³-hybridized carbons (Fsp3) is 0.214. The molecule has 0 aliphatic heterocycles. The molecule has 98 valence electrons. The zero-order chi connectivity index (χ0) is 14.0. The van der Waals surface area contributed by atoms with Crippen LogP contribution in [0.25, 0.3) is 0 Å². The smallest absolute Gasteiger partial charge is 0.342 e. The number of nitrogens with zero attached hydrogens (tertiary/aromatic N) is 1. The van der Waals surface area contributed by atoms with Crippen LogP contribution in [0.2, 0.25) is 0 Å². The Balaban J connectivity index is 2.34. The molecular weight excluding hydrogens is 244 g/mol. The summed E-state index contributed by atoms with van der Waals surface area (Å²) in [6.45, 7) is 3.98. The maximum atomic E-state index is 11.5. The number of aromatic carboxylic acids is 1. The molecule has 0 radical (unpaired) electrons. The van der Waals surface area contributed by atoms with Crippen molar-refractivity contribution in [1.29, 1.82) is 0 Å². The van der Waals surface area contributed by atoms with Crippen molar-refractivity contribution in [3.05, 3.63) is 62.8 Å². The summed E-state index contributed by atoms with van der Waals surface area (Å²) < 4.78 is 0. The minimum absolute atomic E-state index is 0.343. The van der Waals surface area contributed by atoms with Crippen LogP contribution in [0.4, 0.5) is 0 Å². The first kappa shape index (κ1) is 13.0. The number of aromatic amines is 1. The standard InChI is InChI=1S/C14H14N2O3/c1-8-3-4-9(2)10(5-8)6-12-15-7-11(14(18)19)13(17)16-12/h3-5,7H,6H2,1-2H3,(H,18,19)(H,15,16,17). The van der Waals surface area contributed by atoms with Crippen LogP contribution in [0.15, 0.2) is 29.2 Å². The van der Waals surface area contributed by atoms with Gasteiger partial charge in [-0.3, -0.25) is 4.79 Å². The fourth-order valence-electron chi connectivity index (χ4n) is 1.85. The summed E-state index contributed by atoms with van der Waals surface area (Å²) in [5, 5.41) is 8.77. The number of carboxylic acids is 1. The van der Waals surface area contributed by atoms with Crippen molar-refractivity contribution in [2.45, 2.75) is 20.3 Å². The maximum absolute atomic E-state index is 11.5. The SMILES string of the molecule is Cc1ccc(C)c(Cc2ncc(C(=O)O)c(=O)[nH]2)c1. The molecule has 2 N–H and O–H groups in total. The monoisotopic (exact) mass is 258 g/mol. The second-order valence-electron chi connectivity index (χ2n) is 4.48. The van der Waals surface area contributed by atoms with E-state index in [2.05, 4.69) is 9.97 Å². The Labute approximate surface area is 110 Å². The zero-order valence-electron chi connectivity index (χ0n) is 10.7. The lowest BCUT2D eigenvalue weighted by Crippen LogP contribution is -2.20. The molecule has 19 heavy (non-hydrogen) atoms. The first-order valence-electron chi connectivity index (χ1n) is 5.85. The Hall–Kier alpha value is -2.43. The minimum Gasteiger partial charge on any atom is -0.477 e. The van der Waals surface area contributed by atoms with E-state index < -0.39 is 11.5 Å². The third kappa shape index (κ3) is 2.88. The Morgan fingerprint density at radius 2 is 2.11 bits per heavy atom. The van der Waals surface area contributed by atoms with E-state index in [0.29, 0.717) is 12.2 Å². The van der Waals surface area contributed by atoms with E-state index in [9.17, 15) is 9.59 Å². The van der Waals surface area contributed by atoms with Gasteiger partial charge in [-0.2, -0.15) is 0 Å². The molecule has 0 bridgehead atoms. The highest BCUT2D eigenvalue weighted by Gasteiger charge is 2.10. The summed E-state index contributed by atoms with van der Waals surface area (Å²) in [7, 11) is 0. The van der Waals surface area contributed by atoms with Crippen LogP contribution in [0, 0.1) is 13.8 Å². The fourth-order valence-corrected chi connectivity index (χ4v) is 1.85. The van der Waals surface area contributed by atoms with Gasteiger partial charge >= 0.3 is 5.97 Å². The van der Waals surface area contributed by atoms with Crippen molar-refractivity contribution >= 4 is 5.97 Å². The number of benzene rings is 1. The number of hydrogen-bond donors (Lipinski definition) is 2. The number of carboxylic acid groups (broad SMARTS) is 1. The first-order valence-corrected chi connectivity index (χ1v) is 5.85. The van der Waals surface area contributed by atoms with Crippen molar-refractivity contribution in [2.75, 3.05) is 0 Å². The molecule has 5 heteroatoms. The second kappa shape index (κ2) is 5.06. The van der Waals surface area contributed by atoms with Crippen LogP contribution >= 0.6 is 0 Å². The molecular formula is C14H14N2O3. The van der Waals surface area contributed by atoms with Gasteiger partial charge in [0.15, 0.2) is 0 Å². The summed E-state index contributed by atoms with van der Waals surface area (Å²) in [5.41, 5.74) is 2.33. The zero-order valence-corrected chi connectivity index (χ0v) is 10.7. The molecule has 1 aromatic heterocycles. The number of carbonyl (C=O) groups is 1. The van der Waals surface area contributed by atoms with Gasteiger partial charge < -0.3 is 10.1 Å². The highest BCUT2D eigenvalue weighted by atomic mass is 16.4. The quantitative estimate of drug-likeness (QED) is 0.877. The van der Waals surface area contributed by atoms with Gasteiger partial charge in [-0.25, -0.2) is 9.78 Å².